The predicted molar refractivity (Wildman–Crippen MR) is 78.1 cm³/mol. The molecule has 2 N–H and O–H groups in total. The minimum Gasteiger partial charge on any atom is -0.320 e. The van der Waals surface area contributed by atoms with E-state index in [1.807, 2.05) is 6.07 Å². The third-order valence-electron chi connectivity index (χ3n) is 2.79. The SMILES string of the molecule is CC(C)c1cccc([C@@H](N)c2cccs2)c1.Cl. The Morgan fingerprint density at radius 2 is 1.76 bits per heavy atom. The smallest absolute Gasteiger partial charge is 0.0646 e. The normalized spacial score (nSPS) is 12.2. The van der Waals surface area contributed by atoms with Gasteiger partial charge in [-0.15, -0.1) is 23.7 Å². The Morgan fingerprint density at radius 1 is 1.06 bits per heavy atom. The number of nitrogens with two attached hydrogens (primary N) is 1. The van der Waals surface area contributed by atoms with Crippen molar-refractivity contribution in [3.63, 3.8) is 0 Å². The molecule has 92 valence electrons. The highest BCUT2D eigenvalue weighted by Crippen LogP contribution is 2.25. The zero-order valence-electron chi connectivity index (χ0n) is 10.1. The molecule has 2 aromatic rings. The highest BCUT2D eigenvalue weighted by atomic mass is 35.5. The van der Waals surface area contributed by atoms with E-state index in [1.54, 1.807) is 11.3 Å². The molecule has 2 rings (SSSR count). The number of benzene rings is 1. The fourth-order valence-electron chi connectivity index (χ4n) is 1.74. The van der Waals surface area contributed by atoms with Crippen molar-refractivity contribution < 1.29 is 0 Å². The van der Waals surface area contributed by atoms with Crippen molar-refractivity contribution in [2.75, 3.05) is 0 Å². The summed E-state index contributed by atoms with van der Waals surface area (Å²) in [6.07, 6.45) is 0. The van der Waals surface area contributed by atoms with Crippen LogP contribution in [0.5, 0.6) is 0 Å². The largest absolute Gasteiger partial charge is 0.320 e. The molecule has 1 atom stereocenters. The Balaban J connectivity index is 0.00000144. The lowest BCUT2D eigenvalue weighted by atomic mass is 9.97. The standard InChI is InChI=1S/C14H17NS.ClH/c1-10(2)11-5-3-6-12(9-11)14(15)13-7-4-8-16-13;/h3-10,14H,15H2,1-2H3;1H/t14-;/m1./s1. The molecule has 0 bridgehead atoms. The van der Waals surface area contributed by atoms with Crippen molar-refractivity contribution >= 4 is 23.7 Å². The van der Waals surface area contributed by atoms with Crippen LogP contribution in [0.25, 0.3) is 0 Å². The van der Waals surface area contributed by atoms with Crippen LogP contribution >= 0.6 is 23.7 Å². The van der Waals surface area contributed by atoms with Crippen LogP contribution in [0.1, 0.15) is 41.8 Å². The van der Waals surface area contributed by atoms with Crippen LogP contribution in [0.15, 0.2) is 41.8 Å². The molecule has 0 unspecified atom stereocenters. The summed E-state index contributed by atoms with van der Waals surface area (Å²) >= 11 is 1.72. The molecule has 1 nitrogen and oxygen atoms in total. The number of hydrogen-bond donors (Lipinski definition) is 1. The summed E-state index contributed by atoms with van der Waals surface area (Å²) in [5.74, 6) is 0.551. The van der Waals surface area contributed by atoms with Crippen LogP contribution in [0.2, 0.25) is 0 Å². The second-order valence-electron chi connectivity index (χ2n) is 4.32. The third-order valence-corrected chi connectivity index (χ3v) is 3.74. The summed E-state index contributed by atoms with van der Waals surface area (Å²) in [7, 11) is 0. The van der Waals surface area contributed by atoms with Gasteiger partial charge in [0.25, 0.3) is 0 Å². The lowest BCUT2D eigenvalue weighted by molar-refractivity contribution is 0.844. The van der Waals surface area contributed by atoms with E-state index in [2.05, 4.69) is 49.6 Å². The Kier molecular flexibility index (Phi) is 5.19. The van der Waals surface area contributed by atoms with Crippen molar-refractivity contribution in [1.29, 1.82) is 0 Å². The summed E-state index contributed by atoms with van der Waals surface area (Å²) < 4.78 is 0. The first-order valence-electron chi connectivity index (χ1n) is 5.57. The average molecular weight is 268 g/mol. The van der Waals surface area contributed by atoms with Crippen LogP contribution < -0.4 is 5.73 Å². The third kappa shape index (κ3) is 3.32. The van der Waals surface area contributed by atoms with Gasteiger partial charge in [0.05, 0.1) is 6.04 Å². The molecule has 0 aliphatic heterocycles. The lowest BCUT2D eigenvalue weighted by Gasteiger charge is -2.13. The zero-order chi connectivity index (χ0) is 11.5. The number of hydrogen-bond acceptors (Lipinski definition) is 2. The first-order chi connectivity index (χ1) is 7.68. The lowest BCUT2D eigenvalue weighted by Crippen LogP contribution is -2.10. The summed E-state index contributed by atoms with van der Waals surface area (Å²) in [6, 6.07) is 12.7. The molecular weight excluding hydrogens is 250 g/mol. The van der Waals surface area contributed by atoms with E-state index in [0.29, 0.717) is 5.92 Å². The maximum atomic E-state index is 6.24. The zero-order valence-corrected chi connectivity index (χ0v) is 11.7. The number of thiophene rings is 1. The van der Waals surface area contributed by atoms with Crippen molar-refractivity contribution in [2.24, 2.45) is 5.73 Å². The monoisotopic (exact) mass is 267 g/mol. The second kappa shape index (κ2) is 6.20. The van der Waals surface area contributed by atoms with Gasteiger partial charge in [-0.05, 0) is 28.5 Å². The van der Waals surface area contributed by atoms with Gasteiger partial charge in [-0.2, -0.15) is 0 Å². The Hall–Kier alpha value is -0.830. The van der Waals surface area contributed by atoms with E-state index in [0.717, 1.165) is 0 Å². The minimum atomic E-state index is 0. The quantitative estimate of drug-likeness (QED) is 0.880. The molecule has 0 saturated heterocycles. The topological polar surface area (TPSA) is 26.0 Å². The van der Waals surface area contributed by atoms with Gasteiger partial charge in [-0.3, -0.25) is 0 Å². The van der Waals surface area contributed by atoms with E-state index < -0.39 is 0 Å². The van der Waals surface area contributed by atoms with Crippen LogP contribution in [-0.2, 0) is 0 Å². The van der Waals surface area contributed by atoms with Gasteiger partial charge in [0.2, 0.25) is 0 Å². The van der Waals surface area contributed by atoms with Crippen molar-refractivity contribution in [3.05, 3.63) is 57.8 Å². The van der Waals surface area contributed by atoms with E-state index in [-0.39, 0.29) is 18.4 Å². The van der Waals surface area contributed by atoms with Crippen molar-refractivity contribution in [3.8, 4) is 0 Å². The maximum Gasteiger partial charge on any atom is 0.0646 e. The maximum absolute atomic E-state index is 6.24. The molecule has 0 radical (unpaired) electrons. The fraction of sp³-hybridized carbons (Fsp3) is 0.286. The van der Waals surface area contributed by atoms with E-state index in [9.17, 15) is 0 Å². The highest BCUT2D eigenvalue weighted by Gasteiger charge is 2.10. The summed E-state index contributed by atoms with van der Waals surface area (Å²) in [5.41, 5.74) is 8.79. The summed E-state index contributed by atoms with van der Waals surface area (Å²) in [4.78, 5) is 1.22. The number of rotatable bonds is 3. The molecule has 0 fully saturated rings. The van der Waals surface area contributed by atoms with E-state index in [4.69, 9.17) is 5.73 Å². The molecule has 0 amide bonds. The Labute approximate surface area is 113 Å². The predicted octanol–water partition coefficient (Wildman–Crippen LogP) is 4.34. The van der Waals surface area contributed by atoms with Crippen molar-refractivity contribution in [1.82, 2.24) is 0 Å². The van der Waals surface area contributed by atoms with Crippen LogP contribution in [-0.4, -0.2) is 0 Å². The van der Waals surface area contributed by atoms with Gasteiger partial charge in [0.1, 0.15) is 0 Å². The first kappa shape index (κ1) is 14.2. The number of halogens is 1. The molecule has 0 spiro atoms. The van der Waals surface area contributed by atoms with Crippen LogP contribution in [0, 0.1) is 0 Å². The molecule has 1 aromatic carbocycles. The Morgan fingerprint density at radius 3 is 2.35 bits per heavy atom. The molecule has 17 heavy (non-hydrogen) atoms. The van der Waals surface area contributed by atoms with Crippen molar-refractivity contribution in [2.45, 2.75) is 25.8 Å². The van der Waals surface area contributed by atoms with Gasteiger partial charge in [0, 0.05) is 4.88 Å². The molecule has 0 aliphatic carbocycles. The first-order valence-corrected chi connectivity index (χ1v) is 6.45. The average Bonchev–Trinajstić information content (AvgIpc) is 2.81. The summed E-state index contributed by atoms with van der Waals surface area (Å²) in [5, 5.41) is 2.07. The molecular formula is C14H18ClNS. The van der Waals surface area contributed by atoms with Gasteiger partial charge < -0.3 is 5.73 Å². The molecule has 0 saturated carbocycles. The molecule has 3 heteroatoms. The molecule has 1 heterocycles. The summed E-state index contributed by atoms with van der Waals surface area (Å²) in [6.45, 7) is 4.41. The van der Waals surface area contributed by atoms with Crippen LogP contribution in [0.4, 0.5) is 0 Å². The van der Waals surface area contributed by atoms with E-state index >= 15 is 0 Å². The molecule has 1 aromatic heterocycles. The van der Waals surface area contributed by atoms with Gasteiger partial charge in [-0.25, -0.2) is 0 Å². The van der Waals surface area contributed by atoms with E-state index in [1.165, 1.54) is 16.0 Å². The fourth-order valence-corrected chi connectivity index (χ4v) is 2.50. The Bertz CT molecular complexity index is 451. The molecule has 0 aliphatic rings. The van der Waals surface area contributed by atoms with Gasteiger partial charge >= 0.3 is 0 Å². The highest BCUT2D eigenvalue weighted by molar-refractivity contribution is 7.10. The van der Waals surface area contributed by atoms with Crippen LogP contribution in [0.3, 0.4) is 0 Å². The minimum absolute atomic E-state index is 0. The van der Waals surface area contributed by atoms with Gasteiger partial charge in [-0.1, -0.05) is 44.2 Å². The second-order valence-corrected chi connectivity index (χ2v) is 5.30. The van der Waals surface area contributed by atoms with Gasteiger partial charge in [0.15, 0.2) is 0 Å².